The molecule has 3 aliphatic heterocycles. The van der Waals surface area contributed by atoms with E-state index < -0.39 is 123 Å². The number of ketones is 2. The highest BCUT2D eigenvalue weighted by Gasteiger charge is 2.66. The van der Waals surface area contributed by atoms with Crippen molar-refractivity contribution in [1.29, 1.82) is 0 Å². The van der Waals surface area contributed by atoms with Gasteiger partial charge in [-0.3, -0.25) is 47.9 Å². The lowest BCUT2D eigenvalue weighted by atomic mass is 9.42. The van der Waals surface area contributed by atoms with Gasteiger partial charge in [-0.25, -0.2) is 19.4 Å². The van der Waals surface area contributed by atoms with Crippen LogP contribution in [0.2, 0.25) is 0 Å². The van der Waals surface area contributed by atoms with Gasteiger partial charge >= 0.3 is 24.1 Å². The Morgan fingerprint density at radius 3 is 1.29 bits per heavy atom. The molecule has 6 unspecified atom stereocenters. The molecular formula is C97H134N6O20. The number of imide groups is 2. The van der Waals surface area contributed by atoms with Crippen LogP contribution in [0.4, 0.5) is 32.3 Å². The fourth-order valence-corrected chi connectivity index (χ4v) is 19.7. The lowest BCUT2D eigenvalue weighted by Gasteiger charge is -2.60. The summed E-state index contributed by atoms with van der Waals surface area (Å²) in [6, 6.07) is 14.6. The van der Waals surface area contributed by atoms with Gasteiger partial charge in [-0.15, -0.1) is 0 Å². The number of esters is 2. The Morgan fingerprint density at radius 2 is 0.894 bits per heavy atom. The van der Waals surface area contributed by atoms with Gasteiger partial charge in [-0.05, 0) is 232 Å². The summed E-state index contributed by atoms with van der Waals surface area (Å²) in [6.45, 7) is 26.7. The van der Waals surface area contributed by atoms with Crippen molar-refractivity contribution in [2.75, 3.05) is 34.5 Å². The van der Waals surface area contributed by atoms with Gasteiger partial charge < -0.3 is 59.2 Å². The molecule has 8 aliphatic rings. The lowest BCUT2D eigenvalue weighted by molar-refractivity contribution is -0.170. The Bertz CT molecular complexity index is 4470. The number of carbonyl (C=O) groups excluding carboxylic acids is 12. The maximum atomic E-state index is 14.9. The third-order valence-electron chi connectivity index (χ3n) is 26.5. The van der Waals surface area contributed by atoms with Crippen molar-refractivity contribution < 1.29 is 95.4 Å². The van der Waals surface area contributed by atoms with Crippen LogP contribution in [0.5, 0.6) is 34.5 Å². The van der Waals surface area contributed by atoms with Crippen molar-refractivity contribution in [3.63, 3.8) is 0 Å². The van der Waals surface area contributed by atoms with Crippen LogP contribution in [-0.4, -0.2) is 130 Å². The van der Waals surface area contributed by atoms with E-state index in [1.54, 1.807) is 81.4 Å². The second kappa shape index (κ2) is 42.2. The highest BCUT2D eigenvalue weighted by Crippen LogP contribution is 2.64. The Kier molecular flexibility index (Phi) is 32.7. The first-order valence-corrected chi connectivity index (χ1v) is 45.4. The topological polar surface area (TPSA) is 333 Å². The summed E-state index contributed by atoms with van der Waals surface area (Å²) in [4.78, 5) is 166. The molecule has 4 bridgehead atoms. The number of carbonyl (C=O) groups is 12. The standard InChI is InChI=1S/C49H67N3O10.C48H67N3O10/c1-7-9-10-11-12-13-14-15-16-17-18-41(61-37-20-22-39(31(3)23-37)60-32(4)53)44(55)50-36-19-21-40(59-8-2)38(27-36)51-45(56)42(52-46(57)48(5,6)62-47(52)58)43(54)49-28-33-24-34(29-49)26-35(25-33)30-49;1-10-12-13-14-15-16-17-18-19-20-21-38(60-35-22-23-37(30(3)26-35)59-32(5)52)42(54)49-34-27-33-24-25-58-40(33)36(28-34)50-43(55)39(51-44(56)47(8,9)61-45(51)57)41(53)48(11-2)29-31(4)46(48,6)7/h19-23,27,33-35,41-42H,7-18,24-26,28-30H2,1-6H3,(H,50,55)(H,51,56);22-23,26-28,31,38-39H,10-21,24-25,29H2,1-9H3,(H,49,54)(H,50,55). The number of cyclic esters (lactones) is 2. The summed E-state index contributed by atoms with van der Waals surface area (Å²) in [5.41, 5.74) is -2.32. The number of anilines is 4. The molecule has 26 nitrogen and oxygen atoms in total. The number of hydrogen-bond acceptors (Lipinski definition) is 20. The van der Waals surface area contributed by atoms with Crippen molar-refractivity contribution in [2.45, 2.75) is 338 Å². The molecule has 3 heterocycles. The van der Waals surface area contributed by atoms with Crippen LogP contribution >= 0.6 is 0 Å². The zero-order chi connectivity index (χ0) is 89.3. The van der Waals surface area contributed by atoms with E-state index in [2.05, 4.69) is 35.1 Å². The number of hydrogen-bond donors (Lipinski definition) is 4. The number of ether oxygens (including phenoxy) is 8. The third-order valence-corrected chi connectivity index (χ3v) is 26.5. The van der Waals surface area contributed by atoms with Gasteiger partial charge in [0.1, 0.15) is 34.5 Å². The number of aryl methyl sites for hydroxylation is 2. The van der Waals surface area contributed by atoms with Crippen molar-refractivity contribution in [3.05, 3.63) is 83.4 Å². The number of rotatable bonds is 45. The Hall–Kier alpha value is -9.88. The van der Waals surface area contributed by atoms with E-state index in [9.17, 15) is 57.5 Å². The van der Waals surface area contributed by atoms with Gasteiger partial charge in [0.2, 0.25) is 0 Å². The normalized spacial score (nSPS) is 21.9. The van der Waals surface area contributed by atoms with Crippen molar-refractivity contribution >= 4 is 93.9 Å². The molecule has 0 radical (unpaired) electrons. The first-order chi connectivity index (χ1) is 58.5. The molecule has 26 heteroatoms. The predicted octanol–water partition coefficient (Wildman–Crippen LogP) is 19.5. The molecule has 4 aromatic carbocycles. The molecule has 4 aromatic rings. The van der Waals surface area contributed by atoms with Crippen molar-refractivity contribution in [3.8, 4) is 34.5 Å². The lowest BCUT2D eigenvalue weighted by Crippen LogP contribution is -2.65. The summed E-state index contributed by atoms with van der Waals surface area (Å²) in [5.74, 6) is -2.29. The first kappa shape index (κ1) is 95.4. The summed E-state index contributed by atoms with van der Waals surface area (Å²) >= 11 is 0. The SMILES string of the molecule is CCCCCCCCCCCCC(Oc1ccc(OC(C)=O)c(C)c1)C(=O)Nc1cc2c(c(NC(=O)C(C(=O)C3(CC)CC(C)C3(C)C)N3C(=O)OC(C)(C)C3=O)c1)OCC2.CCCCCCCCCCCCC(Oc1ccc(OC(C)=O)c(C)c1)C(=O)Nc1ccc(OCC)c(NC(=O)C(C(=O)C23CC4CC(CC(C4)C2)C3)N2C(=O)OC(C)(C)C2=O)c1. The summed E-state index contributed by atoms with van der Waals surface area (Å²) in [5, 5.41) is 11.6. The largest absolute Gasteiger partial charge is 0.492 e. The quantitative estimate of drug-likeness (QED) is 0.0138. The predicted molar refractivity (Wildman–Crippen MR) is 468 cm³/mol. The fraction of sp³-hybridized carbons (Fsp3) is 0.629. The zero-order valence-electron chi connectivity index (χ0n) is 75.4. The van der Waals surface area contributed by atoms with Gasteiger partial charge in [-0.2, -0.15) is 0 Å². The van der Waals surface area contributed by atoms with E-state index >= 15 is 0 Å². The van der Waals surface area contributed by atoms with E-state index in [-0.39, 0.29) is 29.6 Å². The smallest absolute Gasteiger partial charge is 0.418 e. The monoisotopic (exact) mass is 1700 g/mol. The minimum atomic E-state index is -1.81. The summed E-state index contributed by atoms with van der Waals surface area (Å²) < 4.78 is 45.8. The number of nitrogens with zero attached hydrogens (tertiary/aromatic N) is 2. The van der Waals surface area contributed by atoms with Crippen LogP contribution < -0.4 is 49.7 Å². The number of amides is 8. The van der Waals surface area contributed by atoms with Gasteiger partial charge in [0.05, 0.1) is 24.6 Å². The molecule has 12 rings (SSSR count). The minimum Gasteiger partial charge on any atom is -0.492 e. The van der Waals surface area contributed by atoms with E-state index in [0.29, 0.717) is 137 Å². The van der Waals surface area contributed by atoms with Crippen LogP contribution in [0, 0.1) is 53.8 Å². The molecule has 0 spiro atoms. The number of fused-ring (bicyclic) bond motifs is 1. The fourth-order valence-electron chi connectivity index (χ4n) is 19.7. The number of unbranched alkanes of at least 4 members (excludes halogenated alkanes) is 18. The maximum absolute atomic E-state index is 14.9. The maximum Gasteiger partial charge on any atom is 0.418 e. The molecule has 123 heavy (non-hydrogen) atoms. The van der Waals surface area contributed by atoms with Crippen LogP contribution in [0.3, 0.4) is 0 Å². The second-order valence-corrected chi connectivity index (χ2v) is 37.0. The van der Waals surface area contributed by atoms with E-state index in [0.717, 1.165) is 76.2 Å². The molecule has 7 fully saturated rings. The average molecular weight is 1700 g/mol. The minimum absolute atomic E-state index is 0.154. The average Bonchev–Trinajstić information content (AvgIpc) is 1.51. The van der Waals surface area contributed by atoms with Crippen molar-refractivity contribution in [1.82, 2.24) is 9.80 Å². The van der Waals surface area contributed by atoms with Crippen LogP contribution in [-0.2, 0) is 63.8 Å². The van der Waals surface area contributed by atoms with Crippen LogP contribution in [0.25, 0.3) is 0 Å². The van der Waals surface area contributed by atoms with Gasteiger partial charge in [0, 0.05) is 48.0 Å². The van der Waals surface area contributed by atoms with Gasteiger partial charge in [0.25, 0.3) is 35.4 Å². The molecule has 5 saturated carbocycles. The van der Waals surface area contributed by atoms with Crippen molar-refractivity contribution in [2.24, 2.45) is 39.9 Å². The molecule has 0 aromatic heterocycles. The van der Waals surface area contributed by atoms with E-state index in [1.807, 2.05) is 27.7 Å². The molecule has 8 amide bonds. The van der Waals surface area contributed by atoms with Crippen LogP contribution in [0.1, 0.15) is 299 Å². The Morgan fingerprint density at radius 1 is 0.480 bits per heavy atom. The van der Waals surface area contributed by atoms with Crippen LogP contribution in [0.15, 0.2) is 66.7 Å². The molecule has 672 valence electrons. The molecular weight excluding hydrogens is 1570 g/mol. The second-order valence-electron chi connectivity index (χ2n) is 37.0. The Labute approximate surface area is 726 Å². The number of nitrogens with one attached hydrogen (secondary N) is 4. The summed E-state index contributed by atoms with van der Waals surface area (Å²) in [6.07, 6.45) is 26.3. The zero-order valence-corrected chi connectivity index (χ0v) is 75.4. The highest BCUT2D eigenvalue weighted by molar-refractivity contribution is 6.21. The number of benzene rings is 4. The third kappa shape index (κ3) is 23.2. The highest BCUT2D eigenvalue weighted by atomic mass is 16.6. The molecule has 6 atom stereocenters. The van der Waals surface area contributed by atoms with E-state index in [1.165, 1.54) is 125 Å². The summed E-state index contributed by atoms with van der Waals surface area (Å²) in [7, 11) is 0. The first-order valence-electron chi connectivity index (χ1n) is 45.4. The molecule has 2 saturated heterocycles. The molecule has 4 N–H and O–H groups in total. The van der Waals surface area contributed by atoms with E-state index in [4.69, 9.17) is 37.9 Å². The number of Topliss-reactive ketones (excluding diaryl/α,β-unsaturated/α-hetero) is 2. The van der Waals surface area contributed by atoms with Gasteiger partial charge in [-0.1, -0.05) is 157 Å². The Balaban J connectivity index is 0.000000258. The van der Waals surface area contributed by atoms with Gasteiger partial charge in [0.15, 0.2) is 47.1 Å². The molecule has 5 aliphatic carbocycles.